The summed E-state index contributed by atoms with van der Waals surface area (Å²) in [6.45, 7) is 6.50. The number of nitrogens with one attached hydrogen (secondary N) is 2. The Morgan fingerprint density at radius 2 is 2.00 bits per heavy atom. The van der Waals surface area contributed by atoms with Crippen LogP contribution in [0.2, 0.25) is 0 Å². The molecule has 1 heterocycles. The van der Waals surface area contributed by atoms with Crippen LogP contribution in [-0.4, -0.2) is 58.2 Å². The van der Waals surface area contributed by atoms with Gasteiger partial charge in [-0.2, -0.15) is 0 Å². The quantitative estimate of drug-likeness (QED) is 0.496. The number of hydrogen-bond acceptors (Lipinski definition) is 3. The average molecular weight is 561 g/mol. The summed E-state index contributed by atoms with van der Waals surface area (Å²) in [5, 5.41) is 5.92. The predicted molar refractivity (Wildman–Crippen MR) is 158 cm³/mol. The van der Waals surface area contributed by atoms with Gasteiger partial charge in [0.2, 0.25) is 5.91 Å². The summed E-state index contributed by atoms with van der Waals surface area (Å²) >= 11 is 6.60. The maximum atomic E-state index is 13.6. The Labute approximate surface area is 241 Å². The third kappa shape index (κ3) is 5.94. The highest BCUT2D eigenvalue weighted by Crippen LogP contribution is 2.40. The number of benzene rings is 1. The van der Waals surface area contributed by atoms with Crippen LogP contribution in [0, 0.1) is 18.8 Å². The first-order chi connectivity index (χ1) is 19.1. The third-order valence-corrected chi connectivity index (χ3v) is 8.91. The van der Waals surface area contributed by atoms with Gasteiger partial charge >= 0.3 is 6.03 Å². The molecule has 5 rings (SSSR count). The van der Waals surface area contributed by atoms with Crippen molar-refractivity contribution in [1.82, 2.24) is 20.4 Å². The van der Waals surface area contributed by atoms with Crippen LogP contribution >= 0.6 is 11.6 Å². The molecule has 210 valence electrons. The Morgan fingerprint density at radius 3 is 2.77 bits per heavy atom. The van der Waals surface area contributed by atoms with Crippen molar-refractivity contribution in [2.24, 2.45) is 11.8 Å². The molecule has 4 amide bonds. The van der Waals surface area contributed by atoms with Crippen molar-refractivity contribution in [1.29, 1.82) is 0 Å². The summed E-state index contributed by atoms with van der Waals surface area (Å²) < 4.78 is 0. The number of amides is 4. The lowest BCUT2D eigenvalue weighted by Crippen LogP contribution is -2.62. The zero-order chi connectivity index (χ0) is 28.4. The van der Waals surface area contributed by atoms with Crippen molar-refractivity contribution in [3.63, 3.8) is 0 Å². The van der Waals surface area contributed by atoms with Gasteiger partial charge in [0.05, 0.1) is 11.4 Å². The highest BCUT2D eigenvalue weighted by molar-refractivity contribution is 6.25. The largest absolute Gasteiger partial charge is 0.331 e. The van der Waals surface area contributed by atoms with Gasteiger partial charge < -0.3 is 20.4 Å². The number of fused-ring (bicyclic) bond motifs is 1. The minimum absolute atomic E-state index is 0.0846. The summed E-state index contributed by atoms with van der Waals surface area (Å²) in [6.07, 6.45) is 16.7. The zero-order valence-corrected chi connectivity index (χ0v) is 24.1. The molecule has 1 aromatic carbocycles. The lowest BCUT2D eigenvalue weighted by atomic mass is 9.90. The summed E-state index contributed by atoms with van der Waals surface area (Å²) in [5.41, 5.74) is 4.71. The van der Waals surface area contributed by atoms with E-state index >= 15 is 0 Å². The lowest BCUT2D eigenvalue weighted by molar-refractivity contribution is -0.126. The SMILES string of the molecule is Cc1cccc(C(=O)N2CCN(C(=O)NC3=CC(C)(Cl)C(C)C=C3)C[C@@H]2C(=O)N/C=C2\CCC3=CC=CCC32)c1. The van der Waals surface area contributed by atoms with E-state index in [2.05, 4.69) is 28.9 Å². The topological polar surface area (TPSA) is 81.8 Å². The maximum Gasteiger partial charge on any atom is 0.321 e. The van der Waals surface area contributed by atoms with Gasteiger partial charge in [-0.05, 0) is 68.9 Å². The van der Waals surface area contributed by atoms with E-state index in [1.54, 1.807) is 15.9 Å². The monoisotopic (exact) mass is 560 g/mol. The van der Waals surface area contributed by atoms with Gasteiger partial charge in [0.1, 0.15) is 6.04 Å². The number of urea groups is 1. The third-order valence-electron chi connectivity index (χ3n) is 8.46. The molecule has 1 saturated heterocycles. The number of piperazine rings is 1. The minimum Gasteiger partial charge on any atom is -0.331 e. The molecular formula is C32H37ClN4O3. The van der Waals surface area contributed by atoms with Gasteiger partial charge in [-0.25, -0.2) is 4.79 Å². The van der Waals surface area contributed by atoms with Gasteiger partial charge in [-0.3, -0.25) is 9.59 Å². The number of halogens is 1. The second-order valence-corrected chi connectivity index (χ2v) is 12.2. The Hall–Kier alpha value is -3.58. The molecule has 4 atom stereocenters. The number of carbonyl (C=O) groups excluding carboxylic acids is 3. The second kappa shape index (κ2) is 11.5. The van der Waals surface area contributed by atoms with Gasteiger partial charge in [0.15, 0.2) is 0 Å². The van der Waals surface area contributed by atoms with E-state index in [0.29, 0.717) is 23.7 Å². The minimum atomic E-state index is -0.832. The van der Waals surface area contributed by atoms with Crippen LogP contribution in [0.4, 0.5) is 4.79 Å². The highest BCUT2D eigenvalue weighted by atomic mass is 35.5. The molecule has 0 bridgehead atoms. The molecule has 0 aromatic heterocycles. The van der Waals surface area contributed by atoms with Crippen LogP contribution in [-0.2, 0) is 4.79 Å². The first-order valence-corrected chi connectivity index (χ1v) is 14.4. The lowest BCUT2D eigenvalue weighted by Gasteiger charge is -2.40. The Balaban J connectivity index is 1.33. The van der Waals surface area contributed by atoms with E-state index in [4.69, 9.17) is 11.6 Å². The van der Waals surface area contributed by atoms with Crippen LogP contribution < -0.4 is 10.6 Å². The van der Waals surface area contributed by atoms with Crippen molar-refractivity contribution in [2.45, 2.75) is 50.9 Å². The van der Waals surface area contributed by atoms with Crippen LogP contribution in [0.3, 0.4) is 0 Å². The van der Waals surface area contributed by atoms with E-state index in [-0.39, 0.29) is 36.9 Å². The molecule has 3 unspecified atom stereocenters. The van der Waals surface area contributed by atoms with E-state index in [0.717, 1.165) is 24.8 Å². The molecule has 2 fully saturated rings. The molecule has 2 N–H and O–H groups in total. The van der Waals surface area contributed by atoms with Gasteiger partial charge in [-0.15, -0.1) is 11.6 Å². The fourth-order valence-corrected chi connectivity index (χ4v) is 5.99. The molecule has 0 spiro atoms. The van der Waals surface area contributed by atoms with Crippen LogP contribution in [0.1, 0.15) is 49.0 Å². The van der Waals surface area contributed by atoms with E-state index in [1.807, 2.05) is 63.4 Å². The number of hydrogen-bond donors (Lipinski definition) is 2. The highest BCUT2D eigenvalue weighted by Gasteiger charge is 2.38. The predicted octanol–water partition coefficient (Wildman–Crippen LogP) is 5.21. The first kappa shape index (κ1) is 28.0. The number of aryl methyl sites for hydroxylation is 1. The van der Waals surface area contributed by atoms with Gasteiger partial charge in [0.25, 0.3) is 5.91 Å². The summed E-state index contributed by atoms with van der Waals surface area (Å²) in [6, 6.07) is 6.21. The summed E-state index contributed by atoms with van der Waals surface area (Å²) in [7, 11) is 0. The standard InChI is InChI=1S/C32H37ClN4O3/c1-21-7-6-9-24(17-21)30(39)37-16-15-36(31(40)35-26-14-11-22(2)32(3,33)18-26)20-28(37)29(38)34-19-25-13-12-23-8-4-5-10-27(23)25/h4-9,11,14,17-19,22,27-28H,10,12-13,15-16,20H2,1-3H3,(H,34,38)(H,35,40)/b25-19+/t22?,27?,28-,32?/m1/s1. The summed E-state index contributed by atoms with van der Waals surface area (Å²) in [4.78, 5) is 43.1. The summed E-state index contributed by atoms with van der Waals surface area (Å²) in [5.74, 6) is -0.0565. The maximum absolute atomic E-state index is 13.6. The zero-order valence-electron chi connectivity index (χ0n) is 23.3. The van der Waals surface area contributed by atoms with Crippen LogP contribution in [0.5, 0.6) is 0 Å². The number of nitrogens with zero attached hydrogens (tertiary/aromatic N) is 2. The van der Waals surface area contributed by atoms with E-state index in [1.165, 1.54) is 11.1 Å². The molecule has 3 aliphatic carbocycles. The molecule has 1 aliphatic heterocycles. The number of carbonyl (C=O) groups is 3. The number of alkyl halides is 1. The Morgan fingerprint density at radius 1 is 1.18 bits per heavy atom. The van der Waals surface area contributed by atoms with Crippen molar-refractivity contribution in [2.75, 3.05) is 19.6 Å². The molecular weight excluding hydrogens is 524 g/mol. The molecule has 7 nitrogen and oxygen atoms in total. The van der Waals surface area contributed by atoms with Crippen LogP contribution in [0.15, 0.2) is 83.8 Å². The molecule has 4 aliphatic rings. The number of rotatable bonds is 4. The molecule has 0 radical (unpaired) electrons. The average Bonchev–Trinajstić information content (AvgIpc) is 3.36. The van der Waals surface area contributed by atoms with Crippen molar-refractivity contribution in [3.05, 3.63) is 94.9 Å². The van der Waals surface area contributed by atoms with E-state index in [9.17, 15) is 14.4 Å². The van der Waals surface area contributed by atoms with Crippen LogP contribution in [0.25, 0.3) is 0 Å². The second-order valence-electron chi connectivity index (χ2n) is 11.3. The first-order valence-electron chi connectivity index (χ1n) is 14.0. The smallest absolute Gasteiger partial charge is 0.321 e. The fourth-order valence-electron chi connectivity index (χ4n) is 5.80. The van der Waals surface area contributed by atoms with Crippen molar-refractivity contribution >= 4 is 29.4 Å². The van der Waals surface area contributed by atoms with E-state index < -0.39 is 10.9 Å². The van der Waals surface area contributed by atoms with Crippen molar-refractivity contribution in [3.8, 4) is 0 Å². The Kier molecular flexibility index (Phi) is 8.04. The van der Waals surface area contributed by atoms with Crippen molar-refractivity contribution < 1.29 is 14.4 Å². The molecule has 40 heavy (non-hydrogen) atoms. The molecule has 1 aromatic rings. The van der Waals surface area contributed by atoms with Gasteiger partial charge in [0, 0.05) is 36.5 Å². The Bertz CT molecular complexity index is 1360. The van der Waals surface area contributed by atoms with Gasteiger partial charge in [-0.1, -0.05) is 54.5 Å². The normalized spacial score (nSPS) is 28.6. The molecule has 8 heteroatoms. The molecule has 1 saturated carbocycles. The fraction of sp³-hybridized carbons (Fsp3) is 0.406. The number of allylic oxidation sites excluding steroid dienone is 8.